The van der Waals surface area contributed by atoms with E-state index >= 15 is 0 Å². The summed E-state index contributed by atoms with van der Waals surface area (Å²) in [6.07, 6.45) is 2.24. The molecule has 0 aliphatic heterocycles. The number of aliphatic hydroxyl groups excluding tert-OH is 1. The van der Waals surface area contributed by atoms with Crippen molar-refractivity contribution in [1.29, 1.82) is 0 Å². The normalized spacial score (nSPS) is 10.8. The standard InChI is InChI=1S/C14H14O4/c1-3-14(17)18-9-11-4-6-12(7-5-11)13(16)8-10(2)15/h3-8,16H,1,9H2,2H3. The molecule has 0 aromatic heterocycles. The van der Waals surface area contributed by atoms with Gasteiger partial charge in [-0.3, -0.25) is 4.79 Å². The van der Waals surface area contributed by atoms with Gasteiger partial charge in [-0.15, -0.1) is 0 Å². The fourth-order valence-electron chi connectivity index (χ4n) is 1.26. The number of hydrogen-bond acceptors (Lipinski definition) is 4. The molecule has 0 bridgehead atoms. The fraction of sp³-hybridized carbons (Fsp3) is 0.143. The lowest BCUT2D eigenvalue weighted by atomic mass is 10.1. The summed E-state index contributed by atoms with van der Waals surface area (Å²) in [5.41, 5.74) is 1.31. The van der Waals surface area contributed by atoms with Gasteiger partial charge in [0.2, 0.25) is 0 Å². The first kappa shape index (κ1) is 13.7. The summed E-state index contributed by atoms with van der Waals surface area (Å²) >= 11 is 0. The lowest BCUT2D eigenvalue weighted by molar-refractivity contribution is -0.139. The lowest BCUT2D eigenvalue weighted by Crippen LogP contribution is -2.00. The molecule has 0 heterocycles. The van der Waals surface area contributed by atoms with E-state index in [1.807, 2.05) is 0 Å². The summed E-state index contributed by atoms with van der Waals surface area (Å²) < 4.78 is 4.85. The van der Waals surface area contributed by atoms with E-state index in [2.05, 4.69) is 6.58 Å². The van der Waals surface area contributed by atoms with E-state index in [1.54, 1.807) is 24.3 Å². The van der Waals surface area contributed by atoms with E-state index in [0.29, 0.717) is 5.56 Å². The fourth-order valence-corrected chi connectivity index (χ4v) is 1.26. The van der Waals surface area contributed by atoms with Crippen molar-refractivity contribution in [3.8, 4) is 0 Å². The monoisotopic (exact) mass is 246 g/mol. The zero-order valence-corrected chi connectivity index (χ0v) is 10.1. The van der Waals surface area contributed by atoms with Crippen LogP contribution in [-0.4, -0.2) is 16.9 Å². The van der Waals surface area contributed by atoms with Gasteiger partial charge in [-0.1, -0.05) is 30.8 Å². The second kappa shape index (κ2) is 6.39. The van der Waals surface area contributed by atoms with Crippen molar-refractivity contribution in [3.05, 3.63) is 54.1 Å². The molecule has 18 heavy (non-hydrogen) atoms. The smallest absolute Gasteiger partial charge is 0.330 e. The van der Waals surface area contributed by atoms with Gasteiger partial charge in [-0.05, 0) is 12.5 Å². The highest BCUT2D eigenvalue weighted by Crippen LogP contribution is 2.13. The van der Waals surface area contributed by atoms with Gasteiger partial charge in [0, 0.05) is 17.7 Å². The van der Waals surface area contributed by atoms with E-state index in [0.717, 1.165) is 17.7 Å². The van der Waals surface area contributed by atoms with Crippen molar-refractivity contribution in [3.63, 3.8) is 0 Å². The molecule has 4 heteroatoms. The Morgan fingerprint density at radius 1 is 1.33 bits per heavy atom. The van der Waals surface area contributed by atoms with Crippen LogP contribution in [0.5, 0.6) is 0 Å². The molecule has 0 aliphatic rings. The van der Waals surface area contributed by atoms with E-state index in [1.165, 1.54) is 6.92 Å². The van der Waals surface area contributed by atoms with Crippen molar-refractivity contribution >= 4 is 17.5 Å². The van der Waals surface area contributed by atoms with Crippen molar-refractivity contribution in [1.82, 2.24) is 0 Å². The van der Waals surface area contributed by atoms with Crippen LogP contribution in [0.15, 0.2) is 43.0 Å². The molecule has 0 saturated carbocycles. The number of allylic oxidation sites excluding steroid dienone is 1. The molecule has 0 amide bonds. The number of aliphatic hydroxyl groups is 1. The third-order valence-corrected chi connectivity index (χ3v) is 2.14. The number of ether oxygens (including phenoxy) is 1. The molecule has 1 aromatic carbocycles. The molecule has 0 atom stereocenters. The molecule has 0 radical (unpaired) electrons. The minimum absolute atomic E-state index is 0.0860. The lowest BCUT2D eigenvalue weighted by Gasteiger charge is -2.04. The molecule has 0 spiro atoms. The summed E-state index contributed by atoms with van der Waals surface area (Å²) in [5.74, 6) is -0.799. The highest BCUT2D eigenvalue weighted by molar-refractivity contribution is 5.93. The first-order chi connectivity index (χ1) is 8.52. The summed E-state index contributed by atoms with van der Waals surface area (Å²) in [6.45, 7) is 4.79. The molecule has 0 fully saturated rings. The third kappa shape index (κ3) is 4.25. The van der Waals surface area contributed by atoms with E-state index in [9.17, 15) is 14.7 Å². The highest BCUT2D eigenvalue weighted by atomic mass is 16.5. The average molecular weight is 246 g/mol. The van der Waals surface area contributed by atoms with E-state index < -0.39 is 5.97 Å². The van der Waals surface area contributed by atoms with Crippen LogP contribution in [0.25, 0.3) is 5.76 Å². The maximum Gasteiger partial charge on any atom is 0.330 e. The Labute approximate surface area is 105 Å². The van der Waals surface area contributed by atoms with Gasteiger partial charge in [-0.25, -0.2) is 4.79 Å². The van der Waals surface area contributed by atoms with Gasteiger partial charge in [0.1, 0.15) is 12.4 Å². The Morgan fingerprint density at radius 2 is 1.94 bits per heavy atom. The van der Waals surface area contributed by atoms with Gasteiger partial charge in [0.15, 0.2) is 5.78 Å². The SMILES string of the molecule is C=CC(=O)OCc1ccc(C(O)=CC(C)=O)cc1. The first-order valence-electron chi connectivity index (χ1n) is 5.32. The Morgan fingerprint density at radius 3 is 2.44 bits per heavy atom. The van der Waals surface area contributed by atoms with Gasteiger partial charge < -0.3 is 9.84 Å². The molecule has 4 nitrogen and oxygen atoms in total. The van der Waals surface area contributed by atoms with Crippen LogP contribution in [0.1, 0.15) is 18.1 Å². The second-order valence-corrected chi connectivity index (χ2v) is 3.65. The van der Waals surface area contributed by atoms with E-state index in [-0.39, 0.29) is 18.1 Å². The van der Waals surface area contributed by atoms with Crippen molar-refractivity contribution < 1.29 is 19.4 Å². The first-order valence-corrected chi connectivity index (χ1v) is 5.32. The highest BCUT2D eigenvalue weighted by Gasteiger charge is 2.02. The van der Waals surface area contributed by atoms with Gasteiger partial charge in [0.05, 0.1) is 0 Å². The zero-order chi connectivity index (χ0) is 13.5. The number of benzene rings is 1. The molecule has 1 aromatic rings. The van der Waals surface area contributed by atoms with Crippen LogP contribution >= 0.6 is 0 Å². The summed E-state index contributed by atoms with van der Waals surface area (Å²) in [4.78, 5) is 21.7. The zero-order valence-electron chi connectivity index (χ0n) is 10.1. The second-order valence-electron chi connectivity index (χ2n) is 3.65. The molecular formula is C14H14O4. The molecule has 0 unspecified atom stereocenters. The number of esters is 1. The molecule has 94 valence electrons. The van der Waals surface area contributed by atoms with Gasteiger partial charge in [-0.2, -0.15) is 0 Å². The molecule has 0 aliphatic carbocycles. The van der Waals surface area contributed by atoms with Crippen LogP contribution in [0.3, 0.4) is 0 Å². The number of carbonyl (C=O) groups excluding carboxylic acids is 2. The molecular weight excluding hydrogens is 232 g/mol. The number of ketones is 1. The maximum atomic E-state index is 10.9. The maximum absolute atomic E-state index is 10.9. The van der Waals surface area contributed by atoms with Crippen LogP contribution in [0.4, 0.5) is 0 Å². The topological polar surface area (TPSA) is 63.6 Å². The van der Waals surface area contributed by atoms with Crippen LogP contribution < -0.4 is 0 Å². The summed E-state index contributed by atoms with van der Waals surface area (Å²) in [6, 6.07) is 6.70. The molecule has 0 saturated heterocycles. The Kier molecular flexibility index (Phi) is 4.87. The average Bonchev–Trinajstić information content (AvgIpc) is 2.35. The minimum atomic E-state index is -0.488. The summed E-state index contributed by atoms with van der Waals surface area (Å²) in [7, 11) is 0. The minimum Gasteiger partial charge on any atom is -0.507 e. The Balaban J connectivity index is 2.71. The number of hydrogen-bond donors (Lipinski definition) is 1. The predicted molar refractivity (Wildman–Crippen MR) is 67.7 cm³/mol. The van der Waals surface area contributed by atoms with Gasteiger partial charge >= 0.3 is 5.97 Å². The van der Waals surface area contributed by atoms with Crippen molar-refractivity contribution in [2.75, 3.05) is 0 Å². The number of carbonyl (C=O) groups is 2. The quantitative estimate of drug-likeness (QED) is 0.492. The van der Waals surface area contributed by atoms with Crippen LogP contribution in [-0.2, 0) is 20.9 Å². The van der Waals surface area contributed by atoms with E-state index in [4.69, 9.17) is 4.74 Å². The molecule has 1 rings (SSSR count). The van der Waals surface area contributed by atoms with Crippen LogP contribution in [0.2, 0.25) is 0 Å². The Hall–Kier alpha value is -2.36. The van der Waals surface area contributed by atoms with Gasteiger partial charge in [0.25, 0.3) is 0 Å². The number of rotatable bonds is 5. The Bertz CT molecular complexity index is 483. The summed E-state index contributed by atoms with van der Waals surface area (Å²) in [5, 5.41) is 9.58. The molecule has 1 N–H and O–H groups in total. The third-order valence-electron chi connectivity index (χ3n) is 2.14. The van der Waals surface area contributed by atoms with Crippen molar-refractivity contribution in [2.45, 2.75) is 13.5 Å². The van der Waals surface area contributed by atoms with Crippen LogP contribution in [0, 0.1) is 0 Å². The van der Waals surface area contributed by atoms with Crippen molar-refractivity contribution in [2.24, 2.45) is 0 Å². The predicted octanol–water partition coefficient (Wildman–Crippen LogP) is 2.40. The largest absolute Gasteiger partial charge is 0.507 e.